The van der Waals surface area contributed by atoms with Gasteiger partial charge in [0.15, 0.2) is 15.8 Å². The van der Waals surface area contributed by atoms with Crippen LogP contribution in [0.2, 0.25) is 0 Å². The number of methoxy groups -OCH3 is 1. The van der Waals surface area contributed by atoms with E-state index in [0.29, 0.717) is 27.3 Å². The number of fused-ring (bicyclic) bond motifs is 1. The molecule has 3 aromatic rings. The summed E-state index contributed by atoms with van der Waals surface area (Å²) in [5.41, 5.74) is 1.61. The van der Waals surface area contributed by atoms with E-state index in [4.69, 9.17) is 21.7 Å². The first-order valence-corrected chi connectivity index (χ1v) is 11.3. The van der Waals surface area contributed by atoms with E-state index in [2.05, 4.69) is 15.9 Å². The van der Waals surface area contributed by atoms with Gasteiger partial charge in [0, 0.05) is 9.86 Å². The van der Waals surface area contributed by atoms with Gasteiger partial charge in [0.05, 0.1) is 24.3 Å². The van der Waals surface area contributed by atoms with Crippen LogP contribution in [0.1, 0.15) is 12.5 Å². The number of carbonyl (C=O) groups is 1. The molecule has 152 valence electrons. The molecule has 4 nitrogen and oxygen atoms in total. The molecule has 1 amide bonds. The Morgan fingerprint density at radius 3 is 2.67 bits per heavy atom. The van der Waals surface area contributed by atoms with Crippen molar-refractivity contribution in [2.24, 2.45) is 0 Å². The third-order valence-electron chi connectivity index (χ3n) is 4.67. The van der Waals surface area contributed by atoms with Crippen LogP contribution in [-0.2, 0) is 4.79 Å². The minimum Gasteiger partial charge on any atom is -0.493 e. The summed E-state index contributed by atoms with van der Waals surface area (Å²) < 4.78 is 12.4. The van der Waals surface area contributed by atoms with Gasteiger partial charge < -0.3 is 9.47 Å². The van der Waals surface area contributed by atoms with Crippen molar-refractivity contribution in [1.82, 2.24) is 0 Å². The molecule has 0 bridgehead atoms. The standard InChI is InChI=1S/C23H18BrNO3S2/c1-3-28-20-13-17(24)15(11-19(20)27-2)12-21-22(26)25(23(29)30-21)18-10-6-8-14-7-4-5-9-16(14)18/h4-13H,3H2,1-2H3/b21-12+. The summed E-state index contributed by atoms with van der Waals surface area (Å²) in [4.78, 5) is 15.4. The quantitative estimate of drug-likeness (QED) is 0.299. The Bertz CT molecular complexity index is 1190. The molecule has 0 N–H and O–H groups in total. The second-order valence-corrected chi connectivity index (χ2v) is 9.00. The molecular formula is C23H18BrNO3S2. The second-order valence-electron chi connectivity index (χ2n) is 6.47. The fourth-order valence-electron chi connectivity index (χ4n) is 3.31. The van der Waals surface area contributed by atoms with E-state index < -0.39 is 0 Å². The van der Waals surface area contributed by atoms with Crippen LogP contribution in [0.3, 0.4) is 0 Å². The monoisotopic (exact) mass is 499 g/mol. The zero-order valence-corrected chi connectivity index (χ0v) is 19.6. The van der Waals surface area contributed by atoms with E-state index >= 15 is 0 Å². The van der Waals surface area contributed by atoms with Gasteiger partial charge in [-0.2, -0.15) is 0 Å². The zero-order chi connectivity index (χ0) is 21.3. The topological polar surface area (TPSA) is 38.8 Å². The van der Waals surface area contributed by atoms with Crippen LogP contribution in [0.15, 0.2) is 64.0 Å². The van der Waals surface area contributed by atoms with Crippen molar-refractivity contribution >= 4 is 72.7 Å². The molecule has 1 aliphatic rings. The summed E-state index contributed by atoms with van der Waals surface area (Å²) in [7, 11) is 1.59. The molecule has 4 rings (SSSR count). The smallest absolute Gasteiger partial charge is 0.270 e. The highest BCUT2D eigenvalue weighted by Gasteiger charge is 2.34. The minimum atomic E-state index is -0.138. The van der Waals surface area contributed by atoms with Crippen LogP contribution in [-0.4, -0.2) is 23.9 Å². The van der Waals surface area contributed by atoms with Gasteiger partial charge in [0.25, 0.3) is 5.91 Å². The summed E-state index contributed by atoms with van der Waals surface area (Å²) >= 11 is 10.4. The van der Waals surface area contributed by atoms with Crippen molar-refractivity contribution in [3.63, 3.8) is 0 Å². The number of nitrogens with zero attached hydrogens (tertiary/aromatic N) is 1. The number of benzene rings is 3. The van der Waals surface area contributed by atoms with Crippen LogP contribution in [0.4, 0.5) is 5.69 Å². The maximum Gasteiger partial charge on any atom is 0.270 e. The van der Waals surface area contributed by atoms with Crippen LogP contribution < -0.4 is 14.4 Å². The molecule has 1 aliphatic heterocycles. The molecule has 0 atom stereocenters. The number of ether oxygens (including phenoxy) is 2. The highest BCUT2D eigenvalue weighted by Crippen LogP contribution is 2.41. The molecule has 1 saturated heterocycles. The number of halogens is 1. The van der Waals surface area contributed by atoms with E-state index in [1.165, 1.54) is 11.8 Å². The Balaban J connectivity index is 1.73. The van der Waals surface area contributed by atoms with Gasteiger partial charge in [-0.1, -0.05) is 76.3 Å². The van der Waals surface area contributed by atoms with E-state index in [0.717, 1.165) is 26.5 Å². The first kappa shape index (κ1) is 20.9. The number of rotatable bonds is 5. The van der Waals surface area contributed by atoms with Crippen LogP contribution >= 0.6 is 39.9 Å². The predicted octanol–water partition coefficient (Wildman–Crippen LogP) is 6.42. The third-order valence-corrected chi connectivity index (χ3v) is 6.66. The maximum atomic E-state index is 13.3. The maximum absolute atomic E-state index is 13.3. The van der Waals surface area contributed by atoms with E-state index in [9.17, 15) is 4.79 Å². The third kappa shape index (κ3) is 3.85. The zero-order valence-electron chi connectivity index (χ0n) is 16.3. The predicted molar refractivity (Wildman–Crippen MR) is 131 cm³/mol. The van der Waals surface area contributed by atoms with Gasteiger partial charge in [0.2, 0.25) is 0 Å². The fourth-order valence-corrected chi connectivity index (χ4v) is 5.02. The number of carbonyl (C=O) groups excluding carboxylic acids is 1. The Morgan fingerprint density at radius 2 is 1.90 bits per heavy atom. The van der Waals surface area contributed by atoms with Crippen molar-refractivity contribution in [2.75, 3.05) is 18.6 Å². The highest BCUT2D eigenvalue weighted by molar-refractivity contribution is 9.10. The first-order chi connectivity index (χ1) is 14.5. The first-order valence-electron chi connectivity index (χ1n) is 9.29. The Labute approximate surface area is 193 Å². The number of hydrogen-bond acceptors (Lipinski definition) is 5. The SMILES string of the molecule is CCOc1cc(Br)c(/C=C2/SC(=S)N(c3cccc4ccccc34)C2=O)cc1OC. The lowest BCUT2D eigenvalue weighted by molar-refractivity contribution is -0.113. The second kappa shape index (κ2) is 8.79. The van der Waals surface area contributed by atoms with Crippen molar-refractivity contribution in [2.45, 2.75) is 6.92 Å². The number of amides is 1. The van der Waals surface area contributed by atoms with Gasteiger partial charge >= 0.3 is 0 Å². The Morgan fingerprint density at radius 1 is 1.13 bits per heavy atom. The summed E-state index contributed by atoms with van der Waals surface area (Å²) in [5, 5.41) is 2.05. The van der Waals surface area contributed by atoms with Crippen molar-refractivity contribution in [3.05, 3.63) is 69.5 Å². The number of hydrogen-bond donors (Lipinski definition) is 0. The normalized spacial score (nSPS) is 15.3. The van der Waals surface area contributed by atoms with Crippen LogP contribution in [0, 0.1) is 0 Å². The molecule has 0 spiro atoms. The number of anilines is 1. The molecule has 0 saturated carbocycles. The Kier molecular flexibility index (Phi) is 6.13. The lowest BCUT2D eigenvalue weighted by atomic mass is 10.1. The molecule has 30 heavy (non-hydrogen) atoms. The molecule has 0 aromatic heterocycles. The molecule has 1 fully saturated rings. The summed E-state index contributed by atoms with van der Waals surface area (Å²) in [5.74, 6) is 1.12. The van der Waals surface area contributed by atoms with Crippen molar-refractivity contribution < 1.29 is 14.3 Å². The largest absolute Gasteiger partial charge is 0.493 e. The molecule has 1 heterocycles. The van der Waals surface area contributed by atoms with Gasteiger partial charge in [0.1, 0.15) is 0 Å². The van der Waals surface area contributed by atoms with E-state index in [-0.39, 0.29) is 5.91 Å². The van der Waals surface area contributed by atoms with Crippen molar-refractivity contribution in [1.29, 1.82) is 0 Å². The van der Waals surface area contributed by atoms with Gasteiger partial charge in [-0.25, -0.2) is 0 Å². The molecule has 7 heteroatoms. The minimum absolute atomic E-state index is 0.138. The molecule has 3 aromatic carbocycles. The molecular weight excluding hydrogens is 482 g/mol. The average molecular weight is 500 g/mol. The summed E-state index contributed by atoms with van der Waals surface area (Å²) in [6.45, 7) is 2.45. The molecule has 0 radical (unpaired) electrons. The van der Waals surface area contributed by atoms with Gasteiger partial charge in [-0.05, 0) is 42.1 Å². The molecule has 0 unspecified atom stereocenters. The van der Waals surface area contributed by atoms with E-state index in [1.807, 2.05) is 67.6 Å². The van der Waals surface area contributed by atoms with Crippen LogP contribution in [0.25, 0.3) is 16.8 Å². The average Bonchev–Trinajstić information content (AvgIpc) is 3.02. The van der Waals surface area contributed by atoms with Crippen molar-refractivity contribution in [3.8, 4) is 11.5 Å². The lowest BCUT2D eigenvalue weighted by Gasteiger charge is -2.17. The fraction of sp³-hybridized carbons (Fsp3) is 0.130. The Hall–Kier alpha value is -2.35. The highest BCUT2D eigenvalue weighted by atomic mass is 79.9. The summed E-state index contributed by atoms with van der Waals surface area (Å²) in [6, 6.07) is 17.5. The lowest BCUT2D eigenvalue weighted by Crippen LogP contribution is -2.27. The van der Waals surface area contributed by atoms with Crippen LogP contribution in [0.5, 0.6) is 11.5 Å². The van der Waals surface area contributed by atoms with E-state index in [1.54, 1.807) is 12.0 Å². The molecule has 0 aliphatic carbocycles. The van der Waals surface area contributed by atoms with Gasteiger partial charge in [-0.3, -0.25) is 9.69 Å². The number of thioether (sulfide) groups is 1. The van der Waals surface area contributed by atoms with Gasteiger partial charge in [-0.15, -0.1) is 0 Å². The summed E-state index contributed by atoms with van der Waals surface area (Å²) in [6.07, 6.45) is 1.83. The number of thiocarbonyl (C=S) groups is 1.